The highest BCUT2D eigenvalue weighted by Gasteiger charge is 2.28. The lowest BCUT2D eigenvalue weighted by atomic mass is 10.3. The number of rotatable bonds is 4. The van der Waals surface area contributed by atoms with Gasteiger partial charge in [-0.15, -0.1) is 11.3 Å². The Kier molecular flexibility index (Phi) is 4.39. The van der Waals surface area contributed by atoms with Crippen LogP contribution in [0.5, 0.6) is 0 Å². The quantitative estimate of drug-likeness (QED) is 0.550. The zero-order valence-electron chi connectivity index (χ0n) is 13.9. The SMILES string of the molecule is O=C(c1ccc([N+](=O)[O-])o1)N1CC[NH+](Cc2nc3ccccc3s2)CC1. The second-order valence-electron chi connectivity index (χ2n) is 6.19. The second kappa shape index (κ2) is 6.85. The molecule has 9 heteroatoms. The Morgan fingerprint density at radius 2 is 2.04 bits per heavy atom. The van der Waals surface area contributed by atoms with Crippen LogP contribution in [0, 0.1) is 10.1 Å². The van der Waals surface area contributed by atoms with E-state index in [1.807, 2.05) is 18.2 Å². The first-order valence-electron chi connectivity index (χ1n) is 8.31. The normalized spacial score (nSPS) is 15.5. The highest BCUT2D eigenvalue weighted by Crippen LogP contribution is 2.21. The predicted octanol–water partition coefficient (Wildman–Crippen LogP) is 1.34. The molecule has 1 aliphatic rings. The minimum atomic E-state index is -0.642. The molecule has 1 N–H and O–H groups in total. The van der Waals surface area contributed by atoms with Gasteiger partial charge in [-0.2, -0.15) is 0 Å². The van der Waals surface area contributed by atoms with Gasteiger partial charge in [-0.3, -0.25) is 14.9 Å². The van der Waals surface area contributed by atoms with Gasteiger partial charge >= 0.3 is 5.88 Å². The fourth-order valence-electron chi connectivity index (χ4n) is 3.11. The Hall–Kier alpha value is -2.78. The molecule has 1 amide bonds. The zero-order chi connectivity index (χ0) is 18.1. The molecule has 0 aliphatic carbocycles. The smallest absolute Gasteiger partial charge is 0.395 e. The number of quaternary nitrogens is 1. The van der Waals surface area contributed by atoms with Crippen LogP contribution in [0.2, 0.25) is 0 Å². The van der Waals surface area contributed by atoms with Crippen LogP contribution in [0.3, 0.4) is 0 Å². The van der Waals surface area contributed by atoms with E-state index in [0.717, 1.165) is 30.2 Å². The van der Waals surface area contributed by atoms with Crippen molar-refractivity contribution in [1.82, 2.24) is 9.88 Å². The van der Waals surface area contributed by atoms with Crippen molar-refractivity contribution in [2.75, 3.05) is 26.2 Å². The number of thiazole rings is 1. The van der Waals surface area contributed by atoms with Gasteiger partial charge in [0.05, 0.1) is 42.5 Å². The standard InChI is InChI=1S/C17H16N4O4S/c22-17(13-5-6-16(25-13)21(23)24)20-9-7-19(8-10-20)11-15-18-12-3-1-2-4-14(12)26-15/h1-6H,7-11H2/p+1. The number of fused-ring (bicyclic) bond motifs is 1. The summed E-state index contributed by atoms with van der Waals surface area (Å²) in [6.45, 7) is 3.64. The molecule has 0 spiro atoms. The van der Waals surface area contributed by atoms with Gasteiger partial charge in [-0.25, -0.2) is 4.98 Å². The number of aromatic nitrogens is 1. The molecular formula is C17H17N4O4S+. The van der Waals surface area contributed by atoms with Crippen molar-refractivity contribution in [3.63, 3.8) is 0 Å². The van der Waals surface area contributed by atoms with Crippen LogP contribution in [0.15, 0.2) is 40.8 Å². The minimum Gasteiger partial charge on any atom is -0.395 e. The summed E-state index contributed by atoms with van der Waals surface area (Å²) in [4.78, 5) is 30.2. The van der Waals surface area contributed by atoms with Crippen molar-refractivity contribution in [3.05, 3.63) is 57.3 Å². The average Bonchev–Trinajstić information content (AvgIpc) is 3.28. The lowest BCUT2D eigenvalue weighted by Gasteiger charge is -2.31. The first kappa shape index (κ1) is 16.7. The van der Waals surface area contributed by atoms with Crippen LogP contribution in [0.1, 0.15) is 15.6 Å². The lowest BCUT2D eigenvalue weighted by molar-refractivity contribution is -0.917. The summed E-state index contributed by atoms with van der Waals surface area (Å²) < 4.78 is 6.20. The topological polar surface area (TPSA) is 93.9 Å². The van der Waals surface area contributed by atoms with E-state index in [9.17, 15) is 14.9 Å². The van der Waals surface area contributed by atoms with E-state index in [-0.39, 0.29) is 11.7 Å². The maximum Gasteiger partial charge on any atom is 0.433 e. The van der Waals surface area contributed by atoms with Gasteiger partial charge in [0.15, 0.2) is 5.76 Å². The maximum atomic E-state index is 12.4. The molecule has 2 aromatic heterocycles. The highest BCUT2D eigenvalue weighted by atomic mass is 32.1. The number of piperazine rings is 1. The molecule has 4 rings (SSSR count). The van der Waals surface area contributed by atoms with Crippen molar-refractivity contribution in [2.45, 2.75) is 6.54 Å². The number of hydrogen-bond donors (Lipinski definition) is 1. The van der Waals surface area contributed by atoms with Crippen molar-refractivity contribution < 1.29 is 19.0 Å². The van der Waals surface area contributed by atoms with Gasteiger partial charge in [0.2, 0.25) is 0 Å². The molecule has 134 valence electrons. The van der Waals surface area contributed by atoms with E-state index in [4.69, 9.17) is 4.42 Å². The van der Waals surface area contributed by atoms with Crippen LogP contribution in [-0.2, 0) is 6.54 Å². The van der Waals surface area contributed by atoms with Crippen LogP contribution in [0.25, 0.3) is 10.2 Å². The van der Waals surface area contributed by atoms with E-state index in [2.05, 4.69) is 11.1 Å². The molecule has 0 saturated carbocycles. The van der Waals surface area contributed by atoms with Crippen LogP contribution in [0.4, 0.5) is 5.88 Å². The molecule has 1 aromatic carbocycles. The van der Waals surface area contributed by atoms with Gasteiger partial charge in [-0.1, -0.05) is 12.1 Å². The molecule has 0 atom stereocenters. The minimum absolute atomic E-state index is 0.0197. The van der Waals surface area contributed by atoms with Crippen molar-refractivity contribution in [3.8, 4) is 0 Å². The van der Waals surface area contributed by atoms with Crippen molar-refractivity contribution in [1.29, 1.82) is 0 Å². The summed E-state index contributed by atoms with van der Waals surface area (Å²) in [5.74, 6) is -0.683. The van der Waals surface area contributed by atoms with Gasteiger partial charge < -0.3 is 14.2 Å². The summed E-state index contributed by atoms with van der Waals surface area (Å²) in [5.41, 5.74) is 1.03. The van der Waals surface area contributed by atoms with Gasteiger partial charge in [-0.05, 0) is 18.2 Å². The molecule has 1 saturated heterocycles. The Morgan fingerprint density at radius 3 is 2.73 bits per heavy atom. The Bertz CT molecular complexity index is 925. The third-order valence-electron chi connectivity index (χ3n) is 4.48. The number of nitrogens with zero attached hydrogens (tertiary/aromatic N) is 3. The average molecular weight is 373 g/mol. The summed E-state index contributed by atoms with van der Waals surface area (Å²) in [6, 6.07) is 10.7. The number of nitro groups is 1. The highest BCUT2D eigenvalue weighted by molar-refractivity contribution is 7.18. The predicted molar refractivity (Wildman–Crippen MR) is 95.3 cm³/mol. The monoisotopic (exact) mass is 373 g/mol. The number of carbonyl (C=O) groups excluding carboxylic acids is 1. The van der Waals surface area contributed by atoms with E-state index in [1.165, 1.54) is 21.7 Å². The molecule has 0 bridgehead atoms. The molecule has 8 nitrogen and oxygen atoms in total. The van der Waals surface area contributed by atoms with E-state index >= 15 is 0 Å². The number of para-hydroxylation sites is 1. The number of carbonyl (C=O) groups is 1. The number of benzene rings is 1. The van der Waals surface area contributed by atoms with Crippen LogP contribution in [-0.4, -0.2) is 46.9 Å². The fourth-order valence-corrected chi connectivity index (χ4v) is 4.15. The van der Waals surface area contributed by atoms with Crippen LogP contribution < -0.4 is 4.90 Å². The molecule has 1 aliphatic heterocycles. The summed E-state index contributed by atoms with van der Waals surface area (Å²) in [6.07, 6.45) is 0. The lowest BCUT2D eigenvalue weighted by Crippen LogP contribution is -3.13. The van der Waals surface area contributed by atoms with Crippen molar-refractivity contribution >= 4 is 33.3 Å². The Balaban J connectivity index is 1.35. The Morgan fingerprint density at radius 1 is 1.27 bits per heavy atom. The van der Waals surface area contributed by atoms with E-state index in [0.29, 0.717) is 13.1 Å². The van der Waals surface area contributed by atoms with Gasteiger partial charge in [0, 0.05) is 0 Å². The maximum absolute atomic E-state index is 12.4. The molecular weight excluding hydrogens is 356 g/mol. The van der Waals surface area contributed by atoms with Gasteiger partial charge in [0.1, 0.15) is 16.5 Å². The third-order valence-corrected chi connectivity index (χ3v) is 5.52. The molecule has 3 aromatic rings. The first-order chi connectivity index (χ1) is 12.6. The number of nitrogens with one attached hydrogen (secondary N) is 1. The molecule has 3 heterocycles. The number of furan rings is 1. The van der Waals surface area contributed by atoms with E-state index < -0.39 is 10.8 Å². The van der Waals surface area contributed by atoms with Crippen LogP contribution >= 0.6 is 11.3 Å². The second-order valence-corrected chi connectivity index (χ2v) is 7.30. The largest absolute Gasteiger partial charge is 0.433 e. The summed E-state index contributed by atoms with van der Waals surface area (Å²) in [7, 11) is 0. The zero-order valence-corrected chi connectivity index (χ0v) is 14.7. The summed E-state index contributed by atoms with van der Waals surface area (Å²) in [5, 5.41) is 11.8. The third kappa shape index (κ3) is 3.31. The van der Waals surface area contributed by atoms with E-state index in [1.54, 1.807) is 16.2 Å². The Labute approximate surface area is 152 Å². The molecule has 26 heavy (non-hydrogen) atoms. The number of amides is 1. The van der Waals surface area contributed by atoms with Crippen molar-refractivity contribution in [2.24, 2.45) is 0 Å². The first-order valence-corrected chi connectivity index (χ1v) is 9.13. The fraction of sp³-hybridized carbons (Fsp3) is 0.294. The number of hydrogen-bond acceptors (Lipinski definition) is 6. The summed E-state index contributed by atoms with van der Waals surface area (Å²) >= 11 is 1.71. The molecule has 0 unspecified atom stereocenters. The molecule has 1 fully saturated rings. The molecule has 0 radical (unpaired) electrons. The van der Waals surface area contributed by atoms with Gasteiger partial charge in [0.25, 0.3) is 5.91 Å².